The van der Waals surface area contributed by atoms with Gasteiger partial charge in [-0.2, -0.15) is 5.26 Å². The molecule has 1 aromatic carbocycles. The van der Waals surface area contributed by atoms with Gasteiger partial charge >= 0.3 is 0 Å². The molecule has 2 fully saturated rings. The van der Waals surface area contributed by atoms with Crippen molar-refractivity contribution >= 4 is 17.4 Å². The van der Waals surface area contributed by atoms with Gasteiger partial charge in [-0.15, -0.1) is 11.8 Å². The molecular weight excluding hydrogens is 264 g/mol. The molecule has 1 aromatic rings. The largest absolute Gasteiger partial charge is 0.367 e. The Balaban J connectivity index is 1.97. The smallest absolute Gasteiger partial charge is 0.103 e. The number of benzene rings is 1. The summed E-state index contributed by atoms with van der Waals surface area (Å²) in [5.41, 5.74) is 2.06. The first-order valence-electron chi connectivity index (χ1n) is 7.69. The third kappa shape index (κ3) is 2.42. The summed E-state index contributed by atoms with van der Waals surface area (Å²) in [6.07, 6.45) is 10.1. The van der Waals surface area contributed by atoms with Crippen molar-refractivity contribution in [2.45, 2.75) is 49.5 Å². The Morgan fingerprint density at radius 2 is 2.00 bits per heavy atom. The molecule has 3 heteroatoms. The van der Waals surface area contributed by atoms with Gasteiger partial charge in [0.1, 0.15) is 6.07 Å². The lowest BCUT2D eigenvalue weighted by molar-refractivity contribution is 0.243. The minimum absolute atomic E-state index is 0.668. The first-order chi connectivity index (χ1) is 9.85. The predicted octanol–water partition coefficient (Wildman–Crippen LogP) is 4.44. The highest BCUT2D eigenvalue weighted by Gasteiger charge is 2.34. The summed E-state index contributed by atoms with van der Waals surface area (Å²) in [4.78, 5) is 3.66. The molecule has 0 bridgehead atoms. The van der Waals surface area contributed by atoms with E-state index < -0.39 is 0 Å². The second-order valence-corrected chi connectivity index (χ2v) is 6.76. The Morgan fingerprint density at radius 1 is 1.20 bits per heavy atom. The number of hydrogen-bond donors (Lipinski definition) is 0. The number of nitriles is 1. The van der Waals surface area contributed by atoms with E-state index in [4.69, 9.17) is 0 Å². The van der Waals surface area contributed by atoms with E-state index in [2.05, 4.69) is 35.4 Å². The van der Waals surface area contributed by atoms with Crippen molar-refractivity contribution in [1.29, 1.82) is 5.26 Å². The van der Waals surface area contributed by atoms with Crippen molar-refractivity contribution in [3.63, 3.8) is 0 Å². The van der Waals surface area contributed by atoms with E-state index in [1.165, 1.54) is 44.2 Å². The highest BCUT2D eigenvalue weighted by atomic mass is 32.2. The standard InChI is InChI=1S/C17H22N2S/c1-20-17-10-4-9-16(14(17)12-18)19-11-5-7-13-6-2-3-8-15(13)19/h4,9-10,13,15H,2-3,5-8,11H2,1H3. The van der Waals surface area contributed by atoms with Crippen LogP contribution in [0.5, 0.6) is 0 Å². The zero-order valence-corrected chi connectivity index (χ0v) is 13.0. The number of hydrogen-bond acceptors (Lipinski definition) is 3. The first-order valence-corrected chi connectivity index (χ1v) is 8.91. The normalized spacial score (nSPS) is 25.9. The van der Waals surface area contributed by atoms with Gasteiger partial charge in [-0.05, 0) is 50.0 Å². The molecule has 0 spiro atoms. The van der Waals surface area contributed by atoms with Gasteiger partial charge in [0.05, 0.1) is 11.3 Å². The number of piperidine rings is 1. The zero-order valence-electron chi connectivity index (χ0n) is 12.1. The van der Waals surface area contributed by atoms with Crippen molar-refractivity contribution in [2.75, 3.05) is 17.7 Å². The van der Waals surface area contributed by atoms with Crippen LogP contribution in [0.3, 0.4) is 0 Å². The fourth-order valence-corrected chi connectivity index (χ4v) is 4.53. The minimum Gasteiger partial charge on any atom is -0.367 e. The summed E-state index contributed by atoms with van der Waals surface area (Å²) in [7, 11) is 0. The monoisotopic (exact) mass is 286 g/mol. The number of fused-ring (bicyclic) bond motifs is 1. The Morgan fingerprint density at radius 3 is 2.80 bits per heavy atom. The van der Waals surface area contributed by atoms with Crippen LogP contribution in [0, 0.1) is 17.2 Å². The van der Waals surface area contributed by atoms with E-state index in [-0.39, 0.29) is 0 Å². The van der Waals surface area contributed by atoms with Gasteiger partial charge in [-0.3, -0.25) is 0 Å². The molecule has 0 radical (unpaired) electrons. The van der Waals surface area contributed by atoms with Gasteiger partial charge in [0.15, 0.2) is 0 Å². The molecule has 2 unspecified atom stereocenters. The van der Waals surface area contributed by atoms with Crippen molar-refractivity contribution in [1.82, 2.24) is 0 Å². The minimum atomic E-state index is 0.668. The van der Waals surface area contributed by atoms with Crippen LogP contribution in [0.25, 0.3) is 0 Å². The molecule has 2 nitrogen and oxygen atoms in total. The van der Waals surface area contributed by atoms with Gasteiger partial charge in [-0.1, -0.05) is 18.9 Å². The molecule has 0 amide bonds. The average Bonchev–Trinajstić information content (AvgIpc) is 2.53. The van der Waals surface area contributed by atoms with Gasteiger partial charge in [-0.25, -0.2) is 0 Å². The maximum absolute atomic E-state index is 9.57. The maximum Gasteiger partial charge on any atom is 0.103 e. The van der Waals surface area contributed by atoms with E-state index in [1.807, 2.05) is 0 Å². The van der Waals surface area contributed by atoms with Crippen LogP contribution in [0.1, 0.15) is 44.1 Å². The SMILES string of the molecule is CSc1cccc(N2CCCC3CCCCC32)c1C#N. The molecule has 1 saturated heterocycles. The number of rotatable bonds is 2. The lowest BCUT2D eigenvalue weighted by atomic mass is 9.78. The number of thioether (sulfide) groups is 1. The van der Waals surface area contributed by atoms with E-state index in [1.54, 1.807) is 11.8 Å². The highest BCUT2D eigenvalue weighted by molar-refractivity contribution is 7.98. The molecule has 1 saturated carbocycles. The fraction of sp³-hybridized carbons (Fsp3) is 0.588. The van der Waals surface area contributed by atoms with Gasteiger partial charge in [0.2, 0.25) is 0 Å². The van der Waals surface area contributed by atoms with Crippen LogP contribution < -0.4 is 4.90 Å². The Bertz CT molecular complexity index is 518. The van der Waals surface area contributed by atoms with Crippen LogP contribution in [0.2, 0.25) is 0 Å². The van der Waals surface area contributed by atoms with E-state index in [0.717, 1.165) is 22.9 Å². The van der Waals surface area contributed by atoms with Crippen LogP contribution >= 0.6 is 11.8 Å². The summed E-state index contributed by atoms with van der Waals surface area (Å²) in [5, 5.41) is 9.57. The van der Waals surface area contributed by atoms with E-state index in [9.17, 15) is 5.26 Å². The highest BCUT2D eigenvalue weighted by Crippen LogP contribution is 2.40. The van der Waals surface area contributed by atoms with Gasteiger partial charge in [0, 0.05) is 17.5 Å². The third-order valence-electron chi connectivity index (χ3n) is 4.89. The van der Waals surface area contributed by atoms with Crippen LogP contribution in [0.15, 0.2) is 23.1 Å². The van der Waals surface area contributed by atoms with E-state index in [0.29, 0.717) is 6.04 Å². The molecule has 2 atom stereocenters. The molecule has 3 rings (SSSR count). The summed E-state index contributed by atoms with van der Waals surface area (Å²) in [6.45, 7) is 1.12. The van der Waals surface area contributed by atoms with E-state index >= 15 is 0 Å². The molecular formula is C17H22N2S. The summed E-state index contributed by atoms with van der Waals surface area (Å²) < 4.78 is 0. The second kappa shape index (κ2) is 6.10. The van der Waals surface area contributed by atoms with Crippen molar-refractivity contribution < 1.29 is 0 Å². The number of nitrogens with zero attached hydrogens (tertiary/aromatic N) is 2. The maximum atomic E-state index is 9.57. The van der Waals surface area contributed by atoms with Gasteiger partial charge in [0.25, 0.3) is 0 Å². The lowest BCUT2D eigenvalue weighted by Crippen LogP contribution is -2.47. The molecule has 1 aliphatic carbocycles. The Kier molecular flexibility index (Phi) is 4.21. The predicted molar refractivity (Wildman–Crippen MR) is 85.3 cm³/mol. The lowest BCUT2D eigenvalue weighted by Gasteiger charge is -2.45. The van der Waals surface area contributed by atoms with Crippen LogP contribution in [-0.2, 0) is 0 Å². The molecule has 0 N–H and O–H groups in total. The molecule has 20 heavy (non-hydrogen) atoms. The Labute approximate surface area is 126 Å². The quantitative estimate of drug-likeness (QED) is 0.752. The molecule has 2 aliphatic rings. The van der Waals surface area contributed by atoms with Crippen molar-refractivity contribution in [3.05, 3.63) is 23.8 Å². The van der Waals surface area contributed by atoms with Crippen molar-refractivity contribution in [2.24, 2.45) is 5.92 Å². The Hall–Kier alpha value is -1.14. The van der Waals surface area contributed by atoms with Crippen LogP contribution in [-0.4, -0.2) is 18.8 Å². The molecule has 1 heterocycles. The summed E-state index contributed by atoms with van der Waals surface area (Å²) in [6, 6.07) is 9.43. The fourth-order valence-electron chi connectivity index (χ4n) is 3.97. The number of anilines is 1. The zero-order chi connectivity index (χ0) is 13.9. The molecule has 106 valence electrons. The summed E-state index contributed by atoms with van der Waals surface area (Å²) >= 11 is 1.68. The topological polar surface area (TPSA) is 27.0 Å². The van der Waals surface area contributed by atoms with Gasteiger partial charge < -0.3 is 4.90 Å². The van der Waals surface area contributed by atoms with Crippen molar-refractivity contribution in [3.8, 4) is 6.07 Å². The first kappa shape index (κ1) is 13.8. The average molecular weight is 286 g/mol. The van der Waals surface area contributed by atoms with Crippen LogP contribution in [0.4, 0.5) is 5.69 Å². The molecule has 1 aliphatic heterocycles. The second-order valence-electron chi connectivity index (χ2n) is 5.91. The summed E-state index contributed by atoms with van der Waals surface area (Å²) in [5.74, 6) is 0.849. The molecule has 0 aromatic heterocycles. The third-order valence-corrected chi connectivity index (χ3v) is 5.67.